The summed E-state index contributed by atoms with van der Waals surface area (Å²) in [4.78, 5) is 0. The SMILES string of the molecule is CC(C)Cn1cc(CC[C@@H](C)O)cn1. The van der Waals surface area contributed by atoms with Crippen molar-refractivity contribution >= 4 is 0 Å². The van der Waals surface area contributed by atoms with Gasteiger partial charge in [-0.05, 0) is 31.2 Å². The topological polar surface area (TPSA) is 38.0 Å². The fraction of sp³-hybridized carbons (Fsp3) is 0.727. The molecule has 3 heteroatoms. The number of aliphatic hydroxyl groups excluding tert-OH is 1. The highest BCUT2D eigenvalue weighted by molar-refractivity contribution is 5.04. The Morgan fingerprint density at radius 2 is 2.14 bits per heavy atom. The van der Waals surface area contributed by atoms with Crippen molar-refractivity contribution in [2.24, 2.45) is 5.92 Å². The number of aromatic nitrogens is 2. The average Bonchev–Trinajstić information content (AvgIpc) is 2.47. The van der Waals surface area contributed by atoms with Crippen LogP contribution >= 0.6 is 0 Å². The fourth-order valence-electron chi connectivity index (χ4n) is 1.39. The van der Waals surface area contributed by atoms with Crippen LogP contribution in [0.25, 0.3) is 0 Å². The van der Waals surface area contributed by atoms with Gasteiger partial charge in [0.2, 0.25) is 0 Å². The van der Waals surface area contributed by atoms with Crippen molar-refractivity contribution in [2.75, 3.05) is 0 Å². The standard InChI is InChI=1S/C11H20N2O/c1-9(2)7-13-8-11(6-12-13)5-4-10(3)14/h6,8-10,14H,4-5,7H2,1-3H3/t10-/m1/s1. The Labute approximate surface area is 85.8 Å². The quantitative estimate of drug-likeness (QED) is 0.780. The Morgan fingerprint density at radius 3 is 2.71 bits per heavy atom. The zero-order chi connectivity index (χ0) is 10.6. The molecule has 0 aliphatic carbocycles. The summed E-state index contributed by atoms with van der Waals surface area (Å²) in [7, 11) is 0. The van der Waals surface area contributed by atoms with Gasteiger partial charge in [0.1, 0.15) is 0 Å². The zero-order valence-electron chi connectivity index (χ0n) is 9.27. The molecule has 1 aromatic rings. The van der Waals surface area contributed by atoms with E-state index >= 15 is 0 Å². The molecule has 0 bridgehead atoms. The van der Waals surface area contributed by atoms with E-state index in [0.29, 0.717) is 5.92 Å². The molecule has 0 unspecified atom stereocenters. The average molecular weight is 196 g/mol. The van der Waals surface area contributed by atoms with Gasteiger partial charge in [0, 0.05) is 12.7 Å². The van der Waals surface area contributed by atoms with Crippen molar-refractivity contribution < 1.29 is 5.11 Å². The van der Waals surface area contributed by atoms with E-state index in [2.05, 4.69) is 25.1 Å². The molecule has 1 heterocycles. The summed E-state index contributed by atoms with van der Waals surface area (Å²) in [6.45, 7) is 7.14. The first kappa shape index (κ1) is 11.2. The van der Waals surface area contributed by atoms with Gasteiger partial charge in [0.15, 0.2) is 0 Å². The minimum atomic E-state index is -0.219. The van der Waals surface area contributed by atoms with E-state index in [4.69, 9.17) is 5.11 Å². The van der Waals surface area contributed by atoms with E-state index in [9.17, 15) is 0 Å². The van der Waals surface area contributed by atoms with Crippen LogP contribution in [-0.4, -0.2) is 21.0 Å². The molecular formula is C11H20N2O. The number of aryl methyl sites for hydroxylation is 1. The van der Waals surface area contributed by atoms with E-state index < -0.39 is 0 Å². The molecule has 0 saturated heterocycles. The van der Waals surface area contributed by atoms with Crippen LogP contribution in [0, 0.1) is 5.92 Å². The van der Waals surface area contributed by atoms with E-state index in [-0.39, 0.29) is 6.10 Å². The summed E-state index contributed by atoms with van der Waals surface area (Å²) in [5.41, 5.74) is 1.21. The molecule has 1 atom stereocenters. The predicted molar refractivity (Wildman–Crippen MR) is 57.1 cm³/mol. The third-order valence-electron chi connectivity index (χ3n) is 2.09. The van der Waals surface area contributed by atoms with Crippen LogP contribution in [0.5, 0.6) is 0 Å². The number of hydrogen-bond acceptors (Lipinski definition) is 2. The number of nitrogens with zero attached hydrogens (tertiary/aromatic N) is 2. The van der Waals surface area contributed by atoms with Crippen LogP contribution in [0.4, 0.5) is 0 Å². The molecule has 0 radical (unpaired) electrons. The lowest BCUT2D eigenvalue weighted by molar-refractivity contribution is 0.185. The third kappa shape index (κ3) is 3.92. The van der Waals surface area contributed by atoms with Crippen LogP contribution in [-0.2, 0) is 13.0 Å². The van der Waals surface area contributed by atoms with Gasteiger partial charge in [-0.1, -0.05) is 13.8 Å². The van der Waals surface area contributed by atoms with Gasteiger partial charge in [0.25, 0.3) is 0 Å². The molecule has 1 rings (SSSR count). The van der Waals surface area contributed by atoms with E-state index in [1.165, 1.54) is 5.56 Å². The smallest absolute Gasteiger partial charge is 0.0521 e. The predicted octanol–water partition coefficient (Wildman–Crippen LogP) is 1.85. The van der Waals surface area contributed by atoms with Gasteiger partial charge >= 0.3 is 0 Å². The zero-order valence-corrected chi connectivity index (χ0v) is 9.27. The van der Waals surface area contributed by atoms with Crippen molar-refractivity contribution in [3.8, 4) is 0 Å². The third-order valence-corrected chi connectivity index (χ3v) is 2.09. The van der Waals surface area contributed by atoms with Gasteiger partial charge in [-0.3, -0.25) is 4.68 Å². The Balaban J connectivity index is 2.42. The van der Waals surface area contributed by atoms with E-state index in [1.54, 1.807) is 0 Å². The first-order chi connectivity index (χ1) is 6.58. The molecule has 0 aromatic carbocycles. The summed E-state index contributed by atoms with van der Waals surface area (Å²) in [5, 5.41) is 13.4. The lowest BCUT2D eigenvalue weighted by atomic mass is 10.1. The highest BCUT2D eigenvalue weighted by Gasteiger charge is 2.02. The second kappa shape index (κ2) is 5.15. The van der Waals surface area contributed by atoms with Gasteiger partial charge in [-0.2, -0.15) is 5.10 Å². The largest absolute Gasteiger partial charge is 0.393 e. The molecule has 1 N–H and O–H groups in total. The number of aliphatic hydroxyl groups is 1. The normalized spacial score (nSPS) is 13.5. The molecule has 0 fully saturated rings. The van der Waals surface area contributed by atoms with Crippen LogP contribution in [0.2, 0.25) is 0 Å². The maximum Gasteiger partial charge on any atom is 0.0521 e. The Hall–Kier alpha value is -0.830. The van der Waals surface area contributed by atoms with Gasteiger partial charge in [-0.25, -0.2) is 0 Å². The summed E-state index contributed by atoms with van der Waals surface area (Å²) in [6, 6.07) is 0. The Bertz CT molecular complexity index is 266. The number of rotatable bonds is 5. The second-order valence-electron chi connectivity index (χ2n) is 4.35. The Kier molecular flexibility index (Phi) is 4.14. The maximum absolute atomic E-state index is 9.14. The monoisotopic (exact) mass is 196 g/mol. The van der Waals surface area contributed by atoms with Crippen molar-refractivity contribution in [2.45, 2.75) is 46.3 Å². The minimum Gasteiger partial charge on any atom is -0.393 e. The second-order valence-corrected chi connectivity index (χ2v) is 4.35. The molecule has 3 nitrogen and oxygen atoms in total. The van der Waals surface area contributed by atoms with Crippen LogP contribution in [0.1, 0.15) is 32.8 Å². The van der Waals surface area contributed by atoms with E-state index in [1.807, 2.05) is 17.8 Å². The van der Waals surface area contributed by atoms with Crippen molar-refractivity contribution in [1.82, 2.24) is 9.78 Å². The van der Waals surface area contributed by atoms with Crippen LogP contribution in [0.3, 0.4) is 0 Å². The molecule has 80 valence electrons. The molecule has 0 saturated carbocycles. The molecule has 14 heavy (non-hydrogen) atoms. The molecular weight excluding hydrogens is 176 g/mol. The van der Waals surface area contributed by atoms with Gasteiger partial charge < -0.3 is 5.11 Å². The highest BCUT2D eigenvalue weighted by Crippen LogP contribution is 2.06. The first-order valence-electron chi connectivity index (χ1n) is 5.27. The molecule has 0 spiro atoms. The summed E-state index contributed by atoms with van der Waals surface area (Å²) >= 11 is 0. The van der Waals surface area contributed by atoms with Crippen molar-refractivity contribution in [1.29, 1.82) is 0 Å². The molecule has 1 aromatic heterocycles. The molecule has 0 aliphatic rings. The van der Waals surface area contributed by atoms with Crippen LogP contribution in [0.15, 0.2) is 12.4 Å². The summed E-state index contributed by atoms with van der Waals surface area (Å²) in [5.74, 6) is 0.625. The minimum absolute atomic E-state index is 0.219. The number of hydrogen-bond donors (Lipinski definition) is 1. The summed E-state index contributed by atoms with van der Waals surface area (Å²) in [6.07, 6.45) is 5.47. The van der Waals surface area contributed by atoms with Gasteiger partial charge in [-0.15, -0.1) is 0 Å². The highest BCUT2D eigenvalue weighted by atomic mass is 16.3. The van der Waals surface area contributed by atoms with Gasteiger partial charge in [0.05, 0.1) is 12.3 Å². The maximum atomic E-state index is 9.14. The van der Waals surface area contributed by atoms with E-state index in [0.717, 1.165) is 19.4 Å². The van der Waals surface area contributed by atoms with Crippen LogP contribution < -0.4 is 0 Å². The fourth-order valence-corrected chi connectivity index (χ4v) is 1.39. The lowest BCUT2D eigenvalue weighted by Gasteiger charge is -2.03. The lowest BCUT2D eigenvalue weighted by Crippen LogP contribution is -2.04. The first-order valence-corrected chi connectivity index (χ1v) is 5.27. The van der Waals surface area contributed by atoms with Crippen molar-refractivity contribution in [3.63, 3.8) is 0 Å². The van der Waals surface area contributed by atoms with Crippen molar-refractivity contribution in [3.05, 3.63) is 18.0 Å². The summed E-state index contributed by atoms with van der Waals surface area (Å²) < 4.78 is 1.97. The molecule has 0 aliphatic heterocycles. The molecule has 0 amide bonds. The Morgan fingerprint density at radius 1 is 1.43 bits per heavy atom.